The summed E-state index contributed by atoms with van der Waals surface area (Å²) in [4.78, 5) is 29.1. The zero-order valence-corrected chi connectivity index (χ0v) is 14.2. The molecule has 0 atom stereocenters. The summed E-state index contributed by atoms with van der Waals surface area (Å²) < 4.78 is 7.17. The Morgan fingerprint density at radius 3 is 2.92 bits per heavy atom. The molecular weight excluding hydrogens is 326 g/mol. The second-order valence-corrected chi connectivity index (χ2v) is 6.21. The van der Waals surface area contributed by atoms with Crippen molar-refractivity contribution in [1.82, 2.24) is 9.55 Å². The molecule has 124 valence electrons. The molecule has 6 nitrogen and oxygen atoms in total. The number of hydrogen-bond donors (Lipinski definition) is 1. The second kappa shape index (κ2) is 6.84. The van der Waals surface area contributed by atoms with Crippen LogP contribution in [0.2, 0.25) is 0 Å². The quantitative estimate of drug-likeness (QED) is 0.772. The van der Waals surface area contributed by atoms with Gasteiger partial charge in [-0.3, -0.25) is 9.59 Å². The van der Waals surface area contributed by atoms with Crippen molar-refractivity contribution < 1.29 is 9.21 Å². The zero-order valence-electron chi connectivity index (χ0n) is 13.4. The van der Waals surface area contributed by atoms with Crippen LogP contribution in [0.25, 0.3) is 10.8 Å². The highest BCUT2D eigenvalue weighted by atomic mass is 32.1. The van der Waals surface area contributed by atoms with E-state index in [1.165, 1.54) is 22.0 Å². The number of thiophene rings is 1. The number of pyridine rings is 1. The fourth-order valence-electron chi connectivity index (χ4n) is 2.31. The van der Waals surface area contributed by atoms with Gasteiger partial charge in [0.05, 0.1) is 22.7 Å². The van der Waals surface area contributed by atoms with Gasteiger partial charge in [0, 0.05) is 18.8 Å². The van der Waals surface area contributed by atoms with Crippen molar-refractivity contribution in [3.63, 3.8) is 0 Å². The Balaban J connectivity index is 1.72. The van der Waals surface area contributed by atoms with Gasteiger partial charge in [-0.1, -0.05) is 6.07 Å². The molecule has 3 rings (SSSR count). The molecule has 0 spiro atoms. The van der Waals surface area contributed by atoms with Crippen molar-refractivity contribution in [1.29, 1.82) is 0 Å². The first-order valence-electron chi connectivity index (χ1n) is 7.57. The lowest BCUT2D eigenvalue weighted by Crippen LogP contribution is -2.20. The molecular formula is C17H17N3O3S. The predicted octanol–water partition coefficient (Wildman–Crippen LogP) is 3.07. The van der Waals surface area contributed by atoms with E-state index in [-0.39, 0.29) is 17.9 Å². The van der Waals surface area contributed by atoms with Gasteiger partial charge >= 0.3 is 0 Å². The Morgan fingerprint density at radius 1 is 1.38 bits per heavy atom. The molecule has 0 saturated carbocycles. The number of nitrogens with one attached hydrogen (secondary N) is 1. The van der Waals surface area contributed by atoms with Crippen LogP contribution in [0.15, 0.2) is 45.1 Å². The fraction of sp³-hybridized carbons (Fsp3) is 0.235. The van der Waals surface area contributed by atoms with E-state index in [9.17, 15) is 9.59 Å². The number of rotatable bonds is 5. The minimum absolute atomic E-state index is 0.0940. The first-order chi connectivity index (χ1) is 11.6. The average molecular weight is 343 g/mol. The van der Waals surface area contributed by atoms with Gasteiger partial charge in [0.1, 0.15) is 5.76 Å². The molecule has 0 saturated heterocycles. The maximum absolute atomic E-state index is 12.2. The normalized spacial score (nSPS) is 10.8. The third kappa shape index (κ3) is 3.46. The standard InChI is InChI=1S/C17H17N3O3S/c1-3-20-10-12(6-7-16(20)22)18-15(21)9-13-11(2)23-17(19-13)14-5-4-8-24-14/h4-8,10H,3,9H2,1-2H3,(H,18,21). The lowest BCUT2D eigenvalue weighted by Gasteiger charge is -2.07. The number of aromatic nitrogens is 2. The first-order valence-corrected chi connectivity index (χ1v) is 8.45. The molecule has 0 radical (unpaired) electrons. The molecule has 3 aromatic heterocycles. The minimum atomic E-state index is -0.203. The molecule has 1 N–H and O–H groups in total. The topological polar surface area (TPSA) is 77.1 Å². The van der Waals surface area contributed by atoms with E-state index in [1.54, 1.807) is 19.2 Å². The highest BCUT2D eigenvalue weighted by Gasteiger charge is 2.15. The minimum Gasteiger partial charge on any atom is -0.440 e. The van der Waals surface area contributed by atoms with Crippen LogP contribution in [-0.2, 0) is 17.8 Å². The monoisotopic (exact) mass is 343 g/mol. The van der Waals surface area contributed by atoms with Crippen LogP contribution in [0.5, 0.6) is 0 Å². The number of carbonyl (C=O) groups excluding carboxylic acids is 1. The van der Waals surface area contributed by atoms with Crippen molar-refractivity contribution >= 4 is 22.9 Å². The van der Waals surface area contributed by atoms with Gasteiger partial charge in [0.2, 0.25) is 11.8 Å². The van der Waals surface area contributed by atoms with Gasteiger partial charge in [-0.15, -0.1) is 11.3 Å². The summed E-state index contributed by atoms with van der Waals surface area (Å²) in [6, 6.07) is 6.89. The summed E-state index contributed by atoms with van der Waals surface area (Å²) in [5, 5.41) is 4.73. The summed E-state index contributed by atoms with van der Waals surface area (Å²) >= 11 is 1.54. The summed E-state index contributed by atoms with van der Waals surface area (Å²) in [6.07, 6.45) is 1.75. The van der Waals surface area contributed by atoms with Gasteiger partial charge in [-0.2, -0.15) is 0 Å². The van der Waals surface area contributed by atoms with E-state index in [0.717, 1.165) is 4.88 Å². The highest BCUT2D eigenvalue weighted by molar-refractivity contribution is 7.13. The third-order valence-corrected chi connectivity index (χ3v) is 4.42. The van der Waals surface area contributed by atoms with Gasteiger partial charge in [0.25, 0.3) is 5.56 Å². The molecule has 1 amide bonds. The maximum Gasteiger partial charge on any atom is 0.250 e. The molecule has 24 heavy (non-hydrogen) atoms. The molecule has 3 heterocycles. The van der Waals surface area contributed by atoms with Gasteiger partial charge in [0.15, 0.2) is 0 Å². The van der Waals surface area contributed by atoms with Crippen LogP contribution in [0.1, 0.15) is 18.4 Å². The van der Waals surface area contributed by atoms with Gasteiger partial charge in [-0.05, 0) is 31.4 Å². The number of nitrogens with zero attached hydrogens (tertiary/aromatic N) is 2. The molecule has 3 aromatic rings. The molecule has 0 fully saturated rings. The zero-order chi connectivity index (χ0) is 17.1. The Morgan fingerprint density at radius 2 is 2.21 bits per heavy atom. The van der Waals surface area contributed by atoms with E-state index in [1.807, 2.05) is 24.4 Å². The molecule has 0 aliphatic carbocycles. The molecule has 0 bridgehead atoms. The van der Waals surface area contributed by atoms with Crippen molar-refractivity contribution in [2.24, 2.45) is 0 Å². The summed E-state index contributed by atoms with van der Waals surface area (Å²) in [5.41, 5.74) is 1.10. The van der Waals surface area contributed by atoms with Crippen molar-refractivity contribution in [3.8, 4) is 10.8 Å². The number of anilines is 1. The van der Waals surface area contributed by atoms with Gasteiger partial charge in [-0.25, -0.2) is 4.98 Å². The van der Waals surface area contributed by atoms with E-state index in [4.69, 9.17) is 4.42 Å². The van der Waals surface area contributed by atoms with E-state index < -0.39 is 0 Å². The summed E-state index contributed by atoms with van der Waals surface area (Å²) in [7, 11) is 0. The second-order valence-electron chi connectivity index (χ2n) is 5.27. The third-order valence-electron chi connectivity index (χ3n) is 3.56. The van der Waals surface area contributed by atoms with Crippen LogP contribution >= 0.6 is 11.3 Å². The lowest BCUT2D eigenvalue weighted by molar-refractivity contribution is -0.115. The predicted molar refractivity (Wildman–Crippen MR) is 93.3 cm³/mol. The number of aryl methyl sites for hydroxylation is 2. The van der Waals surface area contributed by atoms with Crippen molar-refractivity contribution in [2.75, 3.05) is 5.32 Å². The molecule has 0 unspecified atom stereocenters. The smallest absolute Gasteiger partial charge is 0.250 e. The van der Waals surface area contributed by atoms with Crippen molar-refractivity contribution in [2.45, 2.75) is 26.8 Å². The SMILES string of the molecule is CCn1cc(NC(=O)Cc2nc(-c3cccs3)oc2C)ccc1=O. The average Bonchev–Trinajstić information content (AvgIpc) is 3.20. The van der Waals surface area contributed by atoms with Crippen LogP contribution in [0.3, 0.4) is 0 Å². The van der Waals surface area contributed by atoms with E-state index >= 15 is 0 Å². The Kier molecular flexibility index (Phi) is 4.61. The van der Waals surface area contributed by atoms with Crippen LogP contribution in [0, 0.1) is 6.92 Å². The molecule has 0 aliphatic heterocycles. The summed E-state index contributed by atoms with van der Waals surface area (Å²) in [5.74, 6) is 0.961. The molecule has 0 aromatic carbocycles. The fourth-order valence-corrected chi connectivity index (χ4v) is 2.96. The summed E-state index contributed by atoms with van der Waals surface area (Å²) in [6.45, 7) is 4.22. The number of amides is 1. The van der Waals surface area contributed by atoms with Gasteiger partial charge < -0.3 is 14.3 Å². The Bertz CT molecular complexity index is 910. The first kappa shape index (κ1) is 16.2. The highest BCUT2D eigenvalue weighted by Crippen LogP contribution is 2.26. The molecule has 0 aliphatic rings. The maximum atomic E-state index is 12.2. The van der Waals surface area contributed by atoms with Crippen molar-refractivity contribution in [3.05, 3.63) is 57.7 Å². The molecule has 7 heteroatoms. The number of hydrogen-bond acceptors (Lipinski definition) is 5. The van der Waals surface area contributed by atoms with Crippen LogP contribution in [0.4, 0.5) is 5.69 Å². The van der Waals surface area contributed by atoms with Crippen LogP contribution in [-0.4, -0.2) is 15.5 Å². The van der Waals surface area contributed by atoms with E-state index in [2.05, 4.69) is 10.3 Å². The van der Waals surface area contributed by atoms with E-state index in [0.29, 0.717) is 29.6 Å². The lowest BCUT2D eigenvalue weighted by atomic mass is 10.2. The Hall–Kier alpha value is -2.67. The Labute approximate surface area is 142 Å². The number of carbonyl (C=O) groups is 1. The number of oxazole rings is 1. The van der Waals surface area contributed by atoms with Crippen LogP contribution < -0.4 is 10.9 Å². The largest absolute Gasteiger partial charge is 0.440 e.